The number of ether oxygens (including phenoxy) is 1. The largest absolute Gasteiger partial charge is 0.490 e. The van der Waals surface area contributed by atoms with E-state index in [0.29, 0.717) is 12.1 Å². The molecule has 0 atom stereocenters. The fourth-order valence-corrected chi connectivity index (χ4v) is 4.04. The van der Waals surface area contributed by atoms with Crippen molar-refractivity contribution in [1.82, 2.24) is 19.9 Å². The van der Waals surface area contributed by atoms with E-state index in [1.807, 2.05) is 42.6 Å². The Labute approximate surface area is 182 Å². The highest BCUT2D eigenvalue weighted by atomic mass is 16.5. The Kier molecular flexibility index (Phi) is 5.30. The molecule has 1 fully saturated rings. The standard InChI is InChI=1S/C25H27N5O/c1-17-5-3-4-6-21(17)22-15-23-24(28-22)16-26-25(29-23)27-18-7-9-19(10-8-18)31-20-11-13-30(2)14-12-20/h3-10,15-16,20,28H,11-14H2,1-2H3,(H,26,27,29). The predicted octanol–water partition coefficient (Wildman–Crippen LogP) is 5.15. The Balaban J connectivity index is 1.28. The lowest BCUT2D eigenvalue weighted by Crippen LogP contribution is -2.35. The number of anilines is 2. The average Bonchev–Trinajstić information content (AvgIpc) is 3.20. The second-order valence-electron chi connectivity index (χ2n) is 8.26. The molecule has 1 aliphatic heterocycles. The van der Waals surface area contributed by atoms with Gasteiger partial charge in [-0.05, 0) is 62.7 Å². The second kappa shape index (κ2) is 8.40. The van der Waals surface area contributed by atoms with Gasteiger partial charge in [0.2, 0.25) is 5.95 Å². The van der Waals surface area contributed by atoms with Gasteiger partial charge >= 0.3 is 0 Å². The maximum absolute atomic E-state index is 6.13. The lowest BCUT2D eigenvalue weighted by Gasteiger charge is -2.29. The van der Waals surface area contributed by atoms with Crippen LogP contribution in [0.2, 0.25) is 0 Å². The summed E-state index contributed by atoms with van der Waals surface area (Å²) >= 11 is 0. The zero-order valence-electron chi connectivity index (χ0n) is 17.9. The van der Waals surface area contributed by atoms with Gasteiger partial charge in [0.1, 0.15) is 11.9 Å². The molecule has 2 N–H and O–H groups in total. The van der Waals surface area contributed by atoms with E-state index < -0.39 is 0 Å². The van der Waals surface area contributed by atoms with Crippen LogP contribution in [0.25, 0.3) is 22.3 Å². The van der Waals surface area contributed by atoms with Crippen molar-refractivity contribution in [2.75, 3.05) is 25.5 Å². The van der Waals surface area contributed by atoms with Crippen molar-refractivity contribution in [1.29, 1.82) is 0 Å². The van der Waals surface area contributed by atoms with Crippen molar-refractivity contribution in [2.45, 2.75) is 25.9 Å². The van der Waals surface area contributed by atoms with E-state index in [0.717, 1.165) is 54.1 Å². The lowest BCUT2D eigenvalue weighted by atomic mass is 10.1. The normalized spacial score (nSPS) is 15.3. The minimum absolute atomic E-state index is 0.303. The zero-order chi connectivity index (χ0) is 21.2. The van der Waals surface area contributed by atoms with Crippen molar-refractivity contribution in [3.05, 3.63) is 66.4 Å². The zero-order valence-corrected chi connectivity index (χ0v) is 17.9. The molecule has 0 bridgehead atoms. The Bertz CT molecular complexity index is 1180. The van der Waals surface area contributed by atoms with E-state index >= 15 is 0 Å². The summed E-state index contributed by atoms with van der Waals surface area (Å²) in [6.45, 7) is 4.29. The maximum Gasteiger partial charge on any atom is 0.227 e. The van der Waals surface area contributed by atoms with E-state index in [9.17, 15) is 0 Å². The molecule has 6 nitrogen and oxygen atoms in total. The minimum Gasteiger partial charge on any atom is -0.490 e. The van der Waals surface area contributed by atoms with Gasteiger partial charge in [-0.1, -0.05) is 24.3 Å². The van der Waals surface area contributed by atoms with E-state index in [4.69, 9.17) is 4.74 Å². The molecule has 0 saturated carbocycles. The van der Waals surface area contributed by atoms with Gasteiger partial charge in [-0.25, -0.2) is 9.97 Å². The molecule has 4 aromatic rings. The molecule has 0 radical (unpaired) electrons. The third kappa shape index (κ3) is 4.39. The highest BCUT2D eigenvalue weighted by Crippen LogP contribution is 2.27. The first kappa shape index (κ1) is 19.6. The van der Waals surface area contributed by atoms with Gasteiger partial charge in [0, 0.05) is 30.0 Å². The van der Waals surface area contributed by atoms with E-state index in [2.05, 4.69) is 57.3 Å². The second-order valence-corrected chi connectivity index (χ2v) is 8.26. The minimum atomic E-state index is 0.303. The van der Waals surface area contributed by atoms with Crippen molar-refractivity contribution in [3.8, 4) is 17.0 Å². The fourth-order valence-electron chi connectivity index (χ4n) is 4.04. The van der Waals surface area contributed by atoms with Crippen LogP contribution in [-0.2, 0) is 0 Å². The molecule has 1 aliphatic rings. The van der Waals surface area contributed by atoms with Gasteiger partial charge in [-0.15, -0.1) is 0 Å². The number of hydrogen-bond donors (Lipinski definition) is 2. The molecule has 2 aromatic heterocycles. The number of nitrogens with one attached hydrogen (secondary N) is 2. The molecule has 1 saturated heterocycles. The number of fused-ring (bicyclic) bond motifs is 1. The van der Waals surface area contributed by atoms with Gasteiger partial charge in [0.15, 0.2) is 0 Å². The number of aromatic nitrogens is 3. The smallest absolute Gasteiger partial charge is 0.227 e. The molecule has 0 unspecified atom stereocenters. The van der Waals surface area contributed by atoms with Gasteiger partial charge in [-0.3, -0.25) is 0 Å². The molecule has 2 aromatic carbocycles. The molecule has 0 amide bonds. The third-order valence-corrected chi connectivity index (χ3v) is 5.88. The Morgan fingerprint density at radius 3 is 2.61 bits per heavy atom. The van der Waals surface area contributed by atoms with E-state index in [1.165, 1.54) is 11.1 Å². The van der Waals surface area contributed by atoms with Crippen LogP contribution in [0.5, 0.6) is 5.75 Å². The summed E-state index contributed by atoms with van der Waals surface area (Å²) in [5, 5.41) is 3.29. The van der Waals surface area contributed by atoms with Crippen LogP contribution < -0.4 is 10.1 Å². The van der Waals surface area contributed by atoms with Crippen LogP contribution in [-0.4, -0.2) is 46.1 Å². The highest BCUT2D eigenvalue weighted by molar-refractivity contribution is 5.83. The first-order valence-corrected chi connectivity index (χ1v) is 10.8. The number of piperidine rings is 1. The van der Waals surface area contributed by atoms with E-state index in [-0.39, 0.29) is 0 Å². The lowest BCUT2D eigenvalue weighted by molar-refractivity contribution is 0.114. The summed E-state index contributed by atoms with van der Waals surface area (Å²) < 4.78 is 6.13. The molecule has 158 valence electrons. The number of likely N-dealkylation sites (tertiary alicyclic amines) is 1. The van der Waals surface area contributed by atoms with Gasteiger partial charge in [0.05, 0.1) is 17.2 Å². The molecule has 5 rings (SSSR count). The van der Waals surface area contributed by atoms with Crippen LogP contribution in [0, 0.1) is 6.92 Å². The van der Waals surface area contributed by atoms with Crippen molar-refractivity contribution in [2.24, 2.45) is 0 Å². The molecular weight excluding hydrogens is 386 g/mol. The number of aryl methyl sites for hydroxylation is 1. The number of rotatable bonds is 5. The topological polar surface area (TPSA) is 66.1 Å². The number of aromatic amines is 1. The Hall–Kier alpha value is -3.38. The van der Waals surface area contributed by atoms with Crippen LogP contribution >= 0.6 is 0 Å². The summed E-state index contributed by atoms with van der Waals surface area (Å²) in [5.74, 6) is 1.48. The van der Waals surface area contributed by atoms with Crippen LogP contribution in [0.3, 0.4) is 0 Å². The first-order chi connectivity index (χ1) is 15.1. The Morgan fingerprint density at radius 1 is 1.06 bits per heavy atom. The molecule has 0 aliphatic carbocycles. The van der Waals surface area contributed by atoms with Gasteiger partial charge < -0.3 is 19.9 Å². The SMILES string of the molecule is Cc1ccccc1-c1cc2nc(Nc3ccc(OC4CCN(C)CC4)cc3)ncc2[nH]1. The number of hydrogen-bond acceptors (Lipinski definition) is 5. The van der Waals surface area contributed by atoms with Gasteiger partial charge in [-0.2, -0.15) is 0 Å². The summed E-state index contributed by atoms with van der Waals surface area (Å²) in [6.07, 6.45) is 4.28. The fraction of sp³-hybridized carbons (Fsp3) is 0.280. The third-order valence-electron chi connectivity index (χ3n) is 5.88. The molecule has 6 heteroatoms. The van der Waals surface area contributed by atoms with E-state index in [1.54, 1.807) is 0 Å². The molecule has 31 heavy (non-hydrogen) atoms. The highest BCUT2D eigenvalue weighted by Gasteiger charge is 2.18. The maximum atomic E-state index is 6.13. The van der Waals surface area contributed by atoms with Gasteiger partial charge in [0.25, 0.3) is 0 Å². The Morgan fingerprint density at radius 2 is 1.84 bits per heavy atom. The van der Waals surface area contributed by atoms with Crippen molar-refractivity contribution >= 4 is 22.7 Å². The quantitative estimate of drug-likeness (QED) is 0.474. The number of benzene rings is 2. The number of H-pyrrole nitrogens is 1. The van der Waals surface area contributed by atoms with Crippen molar-refractivity contribution in [3.63, 3.8) is 0 Å². The summed E-state index contributed by atoms with van der Waals surface area (Å²) in [7, 11) is 2.16. The summed E-state index contributed by atoms with van der Waals surface area (Å²) in [6, 6.07) is 18.4. The number of nitrogens with zero attached hydrogens (tertiary/aromatic N) is 3. The van der Waals surface area contributed by atoms with Crippen LogP contribution in [0.15, 0.2) is 60.8 Å². The molecule has 3 heterocycles. The first-order valence-electron chi connectivity index (χ1n) is 10.8. The average molecular weight is 414 g/mol. The van der Waals surface area contributed by atoms with Crippen LogP contribution in [0.1, 0.15) is 18.4 Å². The summed E-state index contributed by atoms with van der Waals surface area (Å²) in [5.41, 5.74) is 6.20. The molecular formula is C25H27N5O. The monoisotopic (exact) mass is 413 g/mol. The van der Waals surface area contributed by atoms with Crippen molar-refractivity contribution < 1.29 is 4.74 Å². The molecule has 0 spiro atoms. The summed E-state index contributed by atoms with van der Waals surface area (Å²) in [4.78, 5) is 14.9. The van der Waals surface area contributed by atoms with Crippen LogP contribution in [0.4, 0.5) is 11.6 Å². The predicted molar refractivity (Wildman–Crippen MR) is 125 cm³/mol.